The molecule has 1 rings (SSSR count). The fraction of sp³-hybridized carbons (Fsp3) is 0.500. The van der Waals surface area contributed by atoms with E-state index in [4.69, 9.17) is 4.74 Å². The van der Waals surface area contributed by atoms with E-state index in [0.29, 0.717) is 6.42 Å². The summed E-state index contributed by atoms with van der Waals surface area (Å²) in [7, 11) is 0. The first-order valence-corrected chi connectivity index (χ1v) is 7.56. The third-order valence-electron chi connectivity index (χ3n) is 2.88. The Bertz CT molecular complexity index is 474. The second kappa shape index (κ2) is 8.71. The summed E-state index contributed by atoms with van der Waals surface area (Å²) >= 11 is 0. The van der Waals surface area contributed by atoms with Crippen molar-refractivity contribution in [1.82, 2.24) is 0 Å². The first-order valence-electron chi connectivity index (χ1n) is 7.56. The Kier molecular flexibility index (Phi) is 7.28. The lowest BCUT2D eigenvalue weighted by Crippen LogP contribution is -2.28. The van der Waals surface area contributed by atoms with E-state index < -0.39 is 23.8 Å². The van der Waals surface area contributed by atoms with Crippen LogP contribution in [0.2, 0.25) is 0 Å². The molecule has 0 saturated carbocycles. The van der Waals surface area contributed by atoms with Crippen LogP contribution in [-0.4, -0.2) is 34.0 Å². The molecule has 0 spiro atoms. The number of carbonyl (C=O) groups is 1. The van der Waals surface area contributed by atoms with Crippen molar-refractivity contribution in [2.45, 2.75) is 57.8 Å². The Morgan fingerprint density at radius 2 is 1.82 bits per heavy atom. The maximum atomic E-state index is 11.6. The average molecular weight is 306 g/mol. The van der Waals surface area contributed by atoms with E-state index in [0.717, 1.165) is 5.56 Å². The molecule has 1 aromatic rings. The number of aliphatic hydroxyl groups excluding tert-OH is 2. The Balaban J connectivity index is 2.30. The zero-order valence-electron chi connectivity index (χ0n) is 13.5. The molecule has 122 valence electrons. The highest BCUT2D eigenvalue weighted by Crippen LogP contribution is 2.13. The van der Waals surface area contributed by atoms with Gasteiger partial charge in [-0.05, 0) is 32.8 Å². The average Bonchev–Trinajstić information content (AvgIpc) is 2.37. The standard InChI is InChI=1S/C18H26O4/c1-18(2,3)22-17(21)13-16(20)12-15(19)11-7-10-14-8-5-4-6-9-14/h4-10,15-16,19-20H,11-13H2,1-3H3. The molecule has 1 aromatic carbocycles. The number of hydrogen-bond donors (Lipinski definition) is 2. The summed E-state index contributed by atoms with van der Waals surface area (Å²) in [5.74, 6) is -0.452. The lowest BCUT2D eigenvalue weighted by atomic mass is 10.1. The topological polar surface area (TPSA) is 66.8 Å². The molecule has 2 atom stereocenters. The van der Waals surface area contributed by atoms with Crippen LogP contribution in [0, 0.1) is 0 Å². The van der Waals surface area contributed by atoms with Gasteiger partial charge in [-0.15, -0.1) is 0 Å². The first kappa shape index (κ1) is 18.4. The molecular formula is C18H26O4. The zero-order chi connectivity index (χ0) is 16.6. The molecule has 0 aliphatic heterocycles. The fourth-order valence-electron chi connectivity index (χ4n) is 1.99. The van der Waals surface area contributed by atoms with Crippen molar-refractivity contribution in [2.75, 3.05) is 0 Å². The van der Waals surface area contributed by atoms with Crippen molar-refractivity contribution in [3.05, 3.63) is 42.0 Å². The van der Waals surface area contributed by atoms with Gasteiger partial charge in [0, 0.05) is 6.42 Å². The third kappa shape index (κ3) is 8.60. The minimum Gasteiger partial charge on any atom is -0.460 e. The van der Waals surface area contributed by atoms with Crippen LogP contribution in [0.4, 0.5) is 0 Å². The van der Waals surface area contributed by atoms with Crippen molar-refractivity contribution >= 4 is 12.0 Å². The van der Waals surface area contributed by atoms with Gasteiger partial charge >= 0.3 is 5.97 Å². The zero-order valence-corrected chi connectivity index (χ0v) is 13.5. The maximum Gasteiger partial charge on any atom is 0.308 e. The van der Waals surface area contributed by atoms with Gasteiger partial charge in [0.15, 0.2) is 0 Å². The fourth-order valence-corrected chi connectivity index (χ4v) is 1.99. The van der Waals surface area contributed by atoms with Crippen molar-refractivity contribution in [3.63, 3.8) is 0 Å². The van der Waals surface area contributed by atoms with Gasteiger partial charge in [-0.3, -0.25) is 4.79 Å². The molecule has 0 radical (unpaired) electrons. The lowest BCUT2D eigenvalue weighted by Gasteiger charge is -2.21. The summed E-state index contributed by atoms with van der Waals surface area (Å²) in [6.07, 6.45) is 2.69. The summed E-state index contributed by atoms with van der Waals surface area (Å²) in [6, 6.07) is 9.78. The minimum atomic E-state index is -0.894. The van der Waals surface area contributed by atoms with E-state index in [1.807, 2.05) is 42.5 Å². The molecule has 0 heterocycles. The van der Waals surface area contributed by atoms with E-state index in [9.17, 15) is 15.0 Å². The number of esters is 1. The van der Waals surface area contributed by atoms with Crippen LogP contribution in [0.1, 0.15) is 45.6 Å². The van der Waals surface area contributed by atoms with Gasteiger partial charge in [-0.2, -0.15) is 0 Å². The van der Waals surface area contributed by atoms with Gasteiger partial charge in [-0.25, -0.2) is 0 Å². The van der Waals surface area contributed by atoms with Crippen molar-refractivity contribution in [2.24, 2.45) is 0 Å². The minimum absolute atomic E-state index is 0.100. The Labute approximate surface area is 132 Å². The molecule has 4 heteroatoms. The molecule has 2 unspecified atom stereocenters. The van der Waals surface area contributed by atoms with Gasteiger partial charge in [0.2, 0.25) is 0 Å². The molecule has 22 heavy (non-hydrogen) atoms. The summed E-state index contributed by atoms with van der Waals surface area (Å²) in [4.78, 5) is 11.6. The van der Waals surface area contributed by atoms with Crippen molar-refractivity contribution in [3.8, 4) is 0 Å². The molecular weight excluding hydrogens is 280 g/mol. The van der Waals surface area contributed by atoms with Crippen LogP contribution in [0.3, 0.4) is 0 Å². The summed E-state index contributed by atoms with van der Waals surface area (Å²) in [5, 5.41) is 19.7. The Morgan fingerprint density at radius 1 is 1.18 bits per heavy atom. The molecule has 0 aromatic heterocycles. The highest BCUT2D eigenvalue weighted by molar-refractivity contribution is 5.70. The van der Waals surface area contributed by atoms with Gasteiger partial charge in [0.25, 0.3) is 0 Å². The monoisotopic (exact) mass is 306 g/mol. The Morgan fingerprint density at radius 3 is 2.41 bits per heavy atom. The van der Waals surface area contributed by atoms with E-state index >= 15 is 0 Å². The van der Waals surface area contributed by atoms with Crippen LogP contribution in [0.5, 0.6) is 0 Å². The van der Waals surface area contributed by atoms with Crippen LogP contribution >= 0.6 is 0 Å². The number of aliphatic hydroxyl groups is 2. The molecule has 0 aliphatic rings. The molecule has 0 saturated heterocycles. The van der Waals surface area contributed by atoms with E-state index in [2.05, 4.69) is 0 Å². The molecule has 0 fully saturated rings. The molecule has 0 bridgehead atoms. The van der Waals surface area contributed by atoms with Crippen molar-refractivity contribution < 1.29 is 19.7 Å². The third-order valence-corrected chi connectivity index (χ3v) is 2.88. The van der Waals surface area contributed by atoms with Crippen LogP contribution in [-0.2, 0) is 9.53 Å². The van der Waals surface area contributed by atoms with Crippen LogP contribution < -0.4 is 0 Å². The molecule has 4 nitrogen and oxygen atoms in total. The van der Waals surface area contributed by atoms with E-state index in [1.54, 1.807) is 20.8 Å². The summed E-state index contributed by atoms with van der Waals surface area (Å²) in [6.45, 7) is 5.33. The highest BCUT2D eigenvalue weighted by atomic mass is 16.6. The van der Waals surface area contributed by atoms with E-state index in [1.165, 1.54) is 0 Å². The summed E-state index contributed by atoms with van der Waals surface area (Å²) < 4.78 is 5.13. The molecule has 2 N–H and O–H groups in total. The molecule has 0 amide bonds. The lowest BCUT2D eigenvalue weighted by molar-refractivity contribution is -0.157. The largest absolute Gasteiger partial charge is 0.460 e. The van der Waals surface area contributed by atoms with Gasteiger partial charge in [0.1, 0.15) is 5.60 Å². The second-order valence-electron chi connectivity index (χ2n) is 6.38. The second-order valence-corrected chi connectivity index (χ2v) is 6.38. The van der Waals surface area contributed by atoms with Crippen LogP contribution in [0.15, 0.2) is 36.4 Å². The Hall–Kier alpha value is -1.65. The van der Waals surface area contributed by atoms with E-state index in [-0.39, 0.29) is 12.8 Å². The summed E-state index contributed by atoms with van der Waals surface area (Å²) in [5.41, 5.74) is 0.498. The SMILES string of the molecule is CC(C)(C)OC(=O)CC(O)CC(O)CC=Cc1ccccc1. The maximum absolute atomic E-state index is 11.6. The van der Waals surface area contributed by atoms with Gasteiger partial charge < -0.3 is 14.9 Å². The number of benzene rings is 1. The quantitative estimate of drug-likeness (QED) is 0.760. The number of hydrogen-bond acceptors (Lipinski definition) is 4. The number of ether oxygens (including phenoxy) is 1. The predicted octanol–water partition coefficient (Wildman–Crippen LogP) is 2.93. The van der Waals surface area contributed by atoms with Crippen molar-refractivity contribution in [1.29, 1.82) is 0 Å². The number of rotatable bonds is 7. The molecule has 0 aliphatic carbocycles. The number of carbonyl (C=O) groups excluding carboxylic acids is 1. The van der Waals surface area contributed by atoms with Gasteiger partial charge in [-0.1, -0.05) is 42.5 Å². The predicted molar refractivity (Wildman–Crippen MR) is 87.2 cm³/mol. The highest BCUT2D eigenvalue weighted by Gasteiger charge is 2.20. The van der Waals surface area contributed by atoms with Crippen LogP contribution in [0.25, 0.3) is 6.08 Å². The van der Waals surface area contributed by atoms with Gasteiger partial charge in [0.05, 0.1) is 18.6 Å². The first-order chi connectivity index (χ1) is 10.3. The normalized spacial score (nSPS) is 14.8. The smallest absolute Gasteiger partial charge is 0.308 e.